The van der Waals surface area contributed by atoms with Crippen molar-refractivity contribution in [3.05, 3.63) is 83.0 Å². The molecule has 2 atom stereocenters. The van der Waals surface area contributed by atoms with E-state index in [4.69, 9.17) is 4.74 Å². The van der Waals surface area contributed by atoms with E-state index in [-0.39, 0.29) is 23.4 Å². The number of aryl methyl sites for hydroxylation is 1. The maximum absolute atomic E-state index is 14.9. The van der Waals surface area contributed by atoms with E-state index in [1.807, 2.05) is 6.92 Å². The molecule has 7 nitrogen and oxygen atoms in total. The summed E-state index contributed by atoms with van der Waals surface area (Å²) in [5, 5.41) is 12.9. The molecular formula is C25H23F4N5O2. The molecule has 1 fully saturated rings. The molecule has 0 aliphatic carbocycles. The lowest BCUT2D eigenvalue weighted by molar-refractivity contribution is 0.0593. The normalized spacial score (nSPS) is 21.7. The molecule has 2 aliphatic rings. The number of halogens is 4. The van der Waals surface area contributed by atoms with E-state index in [9.17, 15) is 22.7 Å². The summed E-state index contributed by atoms with van der Waals surface area (Å²) >= 11 is 0. The number of piperidine rings is 1. The summed E-state index contributed by atoms with van der Waals surface area (Å²) in [6.45, 7) is 2.31. The van der Waals surface area contributed by atoms with Crippen LogP contribution in [0.15, 0.2) is 47.9 Å². The van der Waals surface area contributed by atoms with Crippen LogP contribution in [-0.4, -0.2) is 45.3 Å². The van der Waals surface area contributed by atoms with Gasteiger partial charge < -0.3 is 14.4 Å². The van der Waals surface area contributed by atoms with Crippen molar-refractivity contribution in [3.63, 3.8) is 0 Å². The summed E-state index contributed by atoms with van der Waals surface area (Å²) in [7, 11) is 1.48. The maximum Gasteiger partial charge on any atom is 0.194 e. The van der Waals surface area contributed by atoms with E-state index in [0.29, 0.717) is 24.4 Å². The SMILES string of the molecule is COc1cc(/C=C/C2N=C3N(CCCC3(O)c3cc(F)c(F)c(F)c3)N2)c(F)cc1-n1cnc(C)c1. The lowest BCUT2D eigenvalue weighted by Crippen LogP contribution is -2.53. The molecule has 188 valence electrons. The number of aliphatic hydroxyl groups is 1. The third kappa shape index (κ3) is 4.14. The highest BCUT2D eigenvalue weighted by Gasteiger charge is 2.45. The summed E-state index contributed by atoms with van der Waals surface area (Å²) in [6.07, 6.45) is 6.39. The average Bonchev–Trinajstić information content (AvgIpc) is 3.48. The van der Waals surface area contributed by atoms with Crippen molar-refractivity contribution in [1.29, 1.82) is 0 Å². The predicted molar refractivity (Wildman–Crippen MR) is 124 cm³/mol. The number of methoxy groups -OCH3 is 1. The molecule has 11 heteroatoms. The summed E-state index contributed by atoms with van der Waals surface area (Å²) in [5.41, 5.74) is 2.64. The molecule has 3 aromatic rings. The largest absolute Gasteiger partial charge is 0.495 e. The van der Waals surface area contributed by atoms with Crippen LogP contribution in [0, 0.1) is 30.2 Å². The Kier molecular flexibility index (Phi) is 6.05. The van der Waals surface area contributed by atoms with Crippen LogP contribution in [0.4, 0.5) is 17.6 Å². The van der Waals surface area contributed by atoms with Crippen LogP contribution in [-0.2, 0) is 5.60 Å². The first-order valence-corrected chi connectivity index (χ1v) is 11.3. The number of fused-ring (bicyclic) bond motifs is 1. The molecule has 2 N–H and O–H groups in total. The number of aromatic nitrogens is 2. The molecule has 3 heterocycles. The zero-order valence-corrected chi connectivity index (χ0v) is 19.5. The molecule has 0 bridgehead atoms. The Bertz CT molecular complexity index is 1370. The van der Waals surface area contributed by atoms with Gasteiger partial charge in [-0.2, -0.15) is 0 Å². The first kappa shape index (κ1) is 24.0. The van der Waals surface area contributed by atoms with Crippen molar-refractivity contribution in [2.45, 2.75) is 31.5 Å². The Morgan fingerprint density at radius 2 is 1.89 bits per heavy atom. The maximum atomic E-state index is 14.9. The van der Waals surface area contributed by atoms with E-state index in [1.54, 1.807) is 34.2 Å². The van der Waals surface area contributed by atoms with Gasteiger partial charge in [0.2, 0.25) is 0 Å². The molecule has 5 rings (SSSR count). The minimum Gasteiger partial charge on any atom is -0.495 e. The Labute approximate surface area is 204 Å². The molecule has 1 aromatic heterocycles. The van der Waals surface area contributed by atoms with E-state index in [1.165, 1.54) is 19.3 Å². The number of hydrogen-bond donors (Lipinski definition) is 2. The van der Waals surface area contributed by atoms with E-state index >= 15 is 0 Å². The fourth-order valence-electron chi connectivity index (χ4n) is 4.51. The Morgan fingerprint density at radius 1 is 1.14 bits per heavy atom. The second-order valence-electron chi connectivity index (χ2n) is 8.72. The van der Waals surface area contributed by atoms with Gasteiger partial charge in [0.1, 0.15) is 23.3 Å². The Morgan fingerprint density at radius 3 is 2.56 bits per heavy atom. The zero-order chi connectivity index (χ0) is 25.6. The fraction of sp³-hybridized carbons (Fsp3) is 0.280. The number of imidazole rings is 1. The van der Waals surface area contributed by atoms with Crippen LogP contribution in [0.25, 0.3) is 11.8 Å². The topological polar surface area (TPSA) is 74.9 Å². The van der Waals surface area contributed by atoms with Gasteiger partial charge in [-0.25, -0.2) is 33.0 Å². The molecule has 36 heavy (non-hydrogen) atoms. The molecule has 2 unspecified atom stereocenters. The summed E-state index contributed by atoms with van der Waals surface area (Å²) < 4.78 is 63.2. The molecule has 2 aliphatic heterocycles. The van der Waals surface area contributed by atoms with Crippen molar-refractivity contribution < 1.29 is 27.4 Å². The van der Waals surface area contributed by atoms with Gasteiger partial charge in [-0.15, -0.1) is 0 Å². The van der Waals surface area contributed by atoms with Gasteiger partial charge in [-0.05, 0) is 49.6 Å². The minimum absolute atomic E-state index is 0.130. The monoisotopic (exact) mass is 501 g/mol. The van der Waals surface area contributed by atoms with Crippen LogP contribution < -0.4 is 10.2 Å². The standard InChI is InChI=1S/C25H23F4N5O2/c1-14-12-33(13-30-14)20-11-17(26)15(8-21(20)36-2)4-5-22-31-24-25(35,6-3-7-34(24)32-22)16-9-18(27)23(29)19(28)10-16/h4-5,8-13,22,32,35H,3,6-7H2,1-2H3/b5-4+. The summed E-state index contributed by atoms with van der Waals surface area (Å²) in [5.74, 6) is -4.29. The van der Waals surface area contributed by atoms with Crippen molar-refractivity contribution in [2.24, 2.45) is 4.99 Å². The molecule has 2 aromatic carbocycles. The van der Waals surface area contributed by atoms with Gasteiger partial charge in [-0.1, -0.05) is 6.08 Å². The van der Waals surface area contributed by atoms with Crippen LogP contribution in [0.1, 0.15) is 29.7 Å². The Hall–Kier alpha value is -3.70. The third-order valence-corrected chi connectivity index (χ3v) is 6.30. The van der Waals surface area contributed by atoms with Crippen molar-refractivity contribution in [1.82, 2.24) is 20.0 Å². The molecule has 0 saturated carbocycles. The lowest BCUT2D eigenvalue weighted by atomic mass is 9.85. The average molecular weight is 501 g/mol. The number of nitrogens with one attached hydrogen (secondary N) is 1. The van der Waals surface area contributed by atoms with Crippen molar-refractivity contribution in [2.75, 3.05) is 13.7 Å². The molecule has 0 radical (unpaired) electrons. The van der Waals surface area contributed by atoms with Gasteiger partial charge in [0, 0.05) is 24.4 Å². The highest BCUT2D eigenvalue weighted by Crippen LogP contribution is 2.36. The van der Waals surface area contributed by atoms with E-state index < -0.39 is 35.0 Å². The predicted octanol–water partition coefficient (Wildman–Crippen LogP) is 3.99. The number of hydrazine groups is 1. The summed E-state index contributed by atoms with van der Waals surface area (Å²) in [4.78, 5) is 8.62. The second-order valence-corrected chi connectivity index (χ2v) is 8.72. The van der Waals surface area contributed by atoms with Gasteiger partial charge in [0.25, 0.3) is 0 Å². The number of benzene rings is 2. The van der Waals surface area contributed by atoms with Crippen LogP contribution >= 0.6 is 0 Å². The van der Waals surface area contributed by atoms with Gasteiger partial charge in [-0.3, -0.25) is 5.01 Å². The van der Waals surface area contributed by atoms with Crippen molar-refractivity contribution >= 4 is 11.9 Å². The van der Waals surface area contributed by atoms with Crippen LogP contribution in [0.2, 0.25) is 0 Å². The van der Waals surface area contributed by atoms with Gasteiger partial charge in [0.05, 0.1) is 24.8 Å². The molecule has 0 amide bonds. The smallest absolute Gasteiger partial charge is 0.194 e. The van der Waals surface area contributed by atoms with Crippen LogP contribution in [0.3, 0.4) is 0 Å². The Balaban J connectivity index is 1.44. The molecule has 0 spiro atoms. The molecular weight excluding hydrogens is 478 g/mol. The number of rotatable bonds is 5. The minimum atomic E-state index is -1.82. The van der Waals surface area contributed by atoms with Gasteiger partial charge >= 0.3 is 0 Å². The number of hydrogen-bond acceptors (Lipinski definition) is 6. The van der Waals surface area contributed by atoms with E-state index in [0.717, 1.165) is 17.8 Å². The fourth-order valence-corrected chi connectivity index (χ4v) is 4.51. The second kappa shape index (κ2) is 9.07. The van der Waals surface area contributed by atoms with Gasteiger partial charge in [0.15, 0.2) is 23.3 Å². The number of ether oxygens (including phenoxy) is 1. The van der Waals surface area contributed by atoms with Crippen LogP contribution in [0.5, 0.6) is 5.75 Å². The number of amidine groups is 1. The number of aliphatic imine (C=N–C) groups is 1. The summed E-state index contributed by atoms with van der Waals surface area (Å²) in [6, 6.07) is 4.44. The zero-order valence-electron chi connectivity index (χ0n) is 19.5. The quantitative estimate of drug-likeness (QED) is 0.409. The lowest BCUT2D eigenvalue weighted by Gasteiger charge is -2.38. The first-order valence-electron chi connectivity index (χ1n) is 11.3. The van der Waals surface area contributed by atoms with Crippen molar-refractivity contribution in [3.8, 4) is 11.4 Å². The third-order valence-electron chi connectivity index (χ3n) is 6.30. The number of nitrogens with zero attached hydrogens (tertiary/aromatic N) is 4. The van der Waals surface area contributed by atoms with E-state index in [2.05, 4.69) is 15.4 Å². The highest BCUT2D eigenvalue weighted by molar-refractivity contribution is 5.93. The first-order chi connectivity index (χ1) is 17.2. The highest BCUT2D eigenvalue weighted by atomic mass is 19.2. The molecule has 1 saturated heterocycles.